The first-order valence-electron chi connectivity index (χ1n) is 11.6. The molecule has 1 aromatic heterocycles. The predicted molar refractivity (Wildman–Crippen MR) is 136 cm³/mol. The van der Waals surface area contributed by atoms with Crippen LogP contribution in [0.25, 0.3) is 11.3 Å². The summed E-state index contributed by atoms with van der Waals surface area (Å²) in [5.74, 6) is 1.49. The maximum absolute atomic E-state index is 12.4. The third-order valence-corrected chi connectivity index (χ3v) is 6.83. The van der Waals surface area contributed by atoms with Crippen molar-refractivity contribution in [3.8, 4) is 22.8 Å². The Bertz CT molecular complexity index is 1060. The summed E-state index contributed by atoms with van der Waals surface area (Å²) >= 11 is 1.72. The fourth-order valence-corrected chi connectivity index (χ4v) is 4.91. The number of rotatable bonds is 10. The summed E-state index contributed by atoms with van der Waals surface area (Å²) < 4.78 is 10.6. The molecule has 1 saturated heterocycles. The van der Waals surface area contributed by atoms with E-state index in [1.807, 2.05) is 36.4 Å². The van der Waals surface area contributed by atoms with Gasteiger partial charge in [-0.2, -0.15) is 0 Å². The third-order valence-electron chi connectivity index (χ3n) is 6.00. The fraction of sp³-hybridized carbons (Fsp3) is 0.385. The van der Waals surface area contributed by atoms with Gasteiger partial charge in [-0.1, -0.05) is 36.4 Å². The molecule has 34 heavy (non-hydrogen) atoms. The number of nitrogens with zero attached hydrogens (tertiary/aromatic N) is 3. The Balaban J connectivity index is 1.16. The van der Waals surface area contributed by atoms with Gasteiger partial charge in [-0.25, -0.2) is 4.98 Å². The van der Waals surface area contributed by atoms with Crippen molar-refractivity contribution >= 4 is 17.2 Å². The fourth-order valence-electron chi connectivity index (χ4n) is 4.06. The minimum absolute atomic E-state index is 0.0707. The molecule has 1 aliphatic rings. The van der Waals surface area contributed by atoms with Crippen LogP contribution >= 0.6 is 11.3 Å². The molecule has 8 heteroatoms. The number of carbonyl (C=O) groups is 1. The second-order valence-electron chi connectivity index (χ2n) is 8.33. The zero-order valence-electron chi connectivity index (χ0n) is 19.8. The topological polar surface area (TPSA) is 66.9 Å². The summed E-state index contributed by atoms with van der Waals surface area (Å²) in [5, 5.41) is 6.31. The van der Waals surface area contributed by atoms with Crippen molar-refractivity contribution in [1.29, 1.82) is 0 Å². The van der Waals surface area contributed by atoms with Crippen LogP contribution < -0.4 is 14.8 Å². The Labute approximate surface area is 205 Å². The van der Waals surface area contributed by atoms with E-state index in [4.69, 9.17) is 14.5 Å². The summed E-state index contributed by atoms with van der Waals surface area (Å²) in [6.45, 7) is 5.57. The average Bonchev–Trinajstić information content (AvgIpc) is 3.34. The number of thiazole rings is 1. The monoisotopic (exact) mass is 480 g/mol. The smallest absolute Gasteiger partial charge is 0.234 e. The van der Waals surface area contributed by atoms with Crippen LogP contribution in [-0.2, 0) is 17.8 Å². The Morgan fingerprint density at radius 2 is 1.74 bits per heavy atom. The molecule has 7 nitrogen and oxygen atoms in total. The molecule has 180 valence electrons. The van der Waals surface area contributed by atoms with Gasteiger partial charge in [-0.15, -0.1) is 11.3 Å². The third kappa shape index (κ3) is 6.56. The number of nitrogens with one attached hydrogen (secondary N) is 1. The summed E-state index contributed by atoms with van der Waals surface area (Å²) in [6, 6.07) is 16.1. The van der Waals surface area contributed by atoms with Gasteiger partial charge in [0.2, 0.25) is 5.91 Å². The van der Waals surface area contributed by atoms with E-state index in [1.54, 1.807) is 25.6 Å². The highest BCUT2D eigenvalue weighted by Crippen LogP contribution is 2.27. The minimum atomic E-state index is 0.0707. The zero-order chi connectivity index (χ0) is 23.8. The van der Waals surface area contributed by atoms with Gasteiger partial charge in [0.25, 0.3) is 0 Å². The normalized spacial score (nSPS) is 14.6. The molecule has 0 spiro atoms. The standard InChI is InChI=1S/C26H32N4O3S/c1-32-23-9-8-20(16-24(23)33-2)10-11-27-25(31)17-29-12-14-30(15-13-29)18-26-28-22(19-34-26)21-6-4-3-5-7-21/h3-9,16,19H,10-15,17-18H2,1-2H3,(H,27,31). The number of amides is 1. The van der Waals surface area contributed by atoms with Crippen LogP contribution in [-0.4, -0.2) is 74.2 Å². The van der Waals surface area contributed by atoms with Crippen molar-refractivity contribution in [3.05, 3.63) is 64.5 Å². The molecule has 3 aromatic rings. The molecule has 0 radical (unpaired) electrons. The summed E-state index contributed by atoms with van der Waals surface area (Å²) in [6.07, 6.45) is 0.749. The lowest BCUT2D eigenvalue weighted by molar-refractivity contribution is -0.122. The Kier molecular flexibility index (Phi) is 8.51. The molecule has 4 rings (SSSR count). The highest BCUT2D eigenvalue weighted by molar-refractivity contribution is 7.09. The van der Waals surface area contributed by atoms with Crippen molar-refractivity contribution in [2.45, 2.75) is 13.0 Å². The van der Waals surface area contributed by atoms with Crippen molar-refractivity contribution < 1.29 is 14.3 Å². The molecule has 1 aliphatic heterocycles. The van der Waals surface area contributed by atoms with Gasteiger partial charge in [-0.05, 0) is 24.1 Å². The first-order chi connectivity index (χ1) is 16.6. The highest BCUT2D eigenvalue weighted by Gasteiger charge is 2.20. The maximum Gasteiger partial charge on any atom is 0.234 e. The number of hydrogen-bond donors (Lipinski definition) is 1. The number of methoxy groups -OCH3 is 2. The van der Waals surface area contributed by atoms with Crippen LogP contribution in [0.15, 0.2) is 53.9 Å². The van der Waals surface area contributed by atoms with Gasteiger partial charge in [0.15, 0.2) is 11.5 Å². The van der Waals surface area contributed by atoms with E-state index in [9.17, 15) is 4.79 Å². The number of piperazine rings is 1. The average molecular weight is 481 g/mol. The molecule has 1 amide bonds. The van der Waals surface area contributed by atoms with Crippen molar-refractivity contribution in [2.75, 3.05) is 53.5 Å². The highest BCUT2D eigenvalue weighted by atomic mass is 32.1. The predicted octanol–water partition coefficient (Wildman–Crippen LogP) is 3.30. The summed E-state index contributed by atoms with van der Waals surface area (Å²) in [5.41, 5.74) is 3.31. The number of carbonyl (C=O) groups excluding carboxylic acids is 1. The second-order valence-corrected chi connectivity index (χ2v) is 9.28. The van der Waals surface area contributed by atoms with E-state index in [0.29, 0.717) is 24.6 Å². The van der Waals surface area contributed by atoms with Gasteiger partial charge in [0, 0.05) is 43.7 Å². The van der Waals surface area contributed by atoms with Crippen LogP contribution in [0.5, 0.6) is 11.5 Å². The van der Waals surface area contributed by atoms with Gasteiger partial charge in [0.05, 0.1) is 33.0 Å². The van der Waals surface area contributed by atoms with Gasteiger partial charge >= 0.3 is 0 Å². The lowest BCUT2D eigenvalue weighted by Gasteiger charge is -2.33. The molecule has 0 unspecified atom stereocenters. The van der Waals surface area contributed by atoms with Gasteiger partial charge < -0.3 is 14.8 Å². The number of benzene rings is 2. The Morgan fingerprint density at radius 3 is 2.47 bits per heavy atom. The molecule has 0 atom stereocenters. The quantitative estimate of drug-likeness (QED) is 0.480. The van der Waals surface area contributed by atoms with E-state index in [2.05, 4.69) is 32.6 Å². The van der Waals surface area contributed by atoms with E-state index in [-0.39, 0.29) is 5.91 Å². The number of ether oxygens (including phenoxy) is 2. The number of hydrogen-bond acceptors (Lipinski definition) is 7. The molecule has 2 heterocycles. The largest absolute Gasteiger partial charge is 0.493 e. The van der Waals surface area contributed by atoms with Crippen molar-refractivity contribution in [3.63, 3.8) is 0 Å². The maximum atomic E-state index is 12.4. The summed E-state index contributed by atoms with van der Waals surface area (Å²) in [4.78, 5) is 21.9. The van der Waals surface area contributed by atoms with Crippen molar-refractivity contribution in [1.82, 2.24) is 20.1 Å². The van der Waals surface area contributed by atoms with Crippen molar-refractivity contribution in [2.24, 2.45) is 0 Å². The minimum Gasteiger partial charge on any atom is -0.493 e. The molecule has 0 bridgehead atoms. The molecule has 1 N–H and O–H groups in total. The lowest BCUT2D eigenvalue weighted by Crippen LogP contribution is -2.49. The molecule has 1 fully saturated rings. The van der Waals surface area contributed by atoms with Gasteiger partial charge in [0.1, 0.15) is 5.01 Å². The molecular formula is C26H32N4O3S. The number of aromatic nitrogens is 1. The van der Waals surface area contributed by atoms with E-state index in [0.717, 1.165) is 61.0 Å². The van der Waals surface area contributed by atoms with E-state index in [1.165, 1.54) is 0 Å². The van der Waals surface area contributed by atoms with E-state index < -0.39 is 0 Å². The zero-order valence-corrected chi connectivity index (χ0v) is 20.6. The first kappa shape index (κ1) is 24.2. The lowest BCUT2D eigenvalue weighted by atomic mass is 10.1. The van der Waals surface area contributed by atoms with Crippen LogP contribution in [0.2, 0.25) is 0 Å². The second kappa shape index (κ2) is 12.0. The van der Waals surface area contributed by atoms with E-state index >= 15 is 0 Å². The molecule has 0 saturated carbocycles. The first-order valence-corrected chi connectivity index (χ1v) is 12.4. The van der Waals surface area contributed by atoms with Gasteiger partial charge in [-0.3, -0.25) is 14.6 Å². The van der Waals surface area contributed by atoms with Crippen LogP contribution in [0.1, 0.15) is 10.6 Å². The van der Waals surface area contributed by atoms with Crippen LogP contribution in [0, 0.1) is 0 Å². The SMILES string of the molecule is COc1ccc(CCNC(=O)CN2CCN(Cc3nc(-c4ccccc4)cs3)CC2)cc1OC. The molecule has 0 aliphatic carbocycles. The molecular weight excluding hydrogens is 448 g/mol. The Hall–Kier alpha value is -2.94. The summed E-state index contributed by atoms with van der Waals surface area (Å²) in [7, 11) is 3.25. The van der Waals surface area contributed by atoms with Crippen LogP contribution in [0.4, 0.5) is 0 Å². The molecule has 2 aromatic carbocycles. The Morgan fingerprint density at radius 1 is 1.00 bits per heavy atom. The van der Waals surface area contributed by atoms with Crippen LogP contribution in [0.3, 0.4) is 0 Å².